The molecule has 0 spiro atoms. The monoisotopic (exact) mass is 277 g/mol. The largest absolute Gasteiger partial charge is 0.484 e. The number of hydrogen-bond donors (Lipinski definition) is 1. The van der Waals surface area contributed by atoms with Crippen LogP contribution in [0.2, 0.25) is 0 Å². The van der Waals surface area contributed by atoms with E-state index in [-0.39, 0.29) is 5.75 Å². The number of benzene rings is 1. The predicted molar refractivity (Wildman–Crippen MR) is 63.1 cm³/mol. The molecular weight excluding hydrogens is 263 g/mol. The second kappa shape index (κ2) is 6.31. The molecule has 106 valence electrons. The molecule has 0 fully saturated rings. The van der Waals surface area contributed by atoms with E-state index in [1.165, 1.54) is 31.4 Å². The van der Waals surface area contributed by atoms with Gasteiger partial charge >= 0.3 is 12.1 Å². The lowest BCUT2D eigenvalue weighted by Gasteiger charge is -2.13. The van der Waals surface area contributed by atoms with Gasteiger partial charge in [-0.15, -0.1) is 0 Å². The standard InChI is InChI=1S/C12H14F3NO3/c1-8(11(17)18-2)16-9-3-5-10(6-4-9)19-7-12(13,14)15/h3-6,8,16H,7H2,1-2H3. The van der Waals surface area contributed by atoms with Gasteiger partial charge in [0.15, 0.2) is 6.61 Å². The molecule has 19 heavy (non-hydrogen) atoms. The van der Waals surface area contributed by atoms with Gasteiger partial charge in [-0.05, 0) is 31.2 Å². The smallest absolute Gasteiger partial charge is 0.422 e. The SMILES string of the molecule is COC(=O)C(C)Nc1ccc(OCC(F)(F)F)cc1. The van der Waals surface area contributed by atoms with Gasteiger partial charge in [0.2, 0.25) is 0 Å². The summed E-state index contributed by atoms with van der Waals surface area (Å²) in [4.78, 5) is 11.2. The van der Waals surface area contributed by atoms with Gasteiger partial charge < -0.3 is 14.8 Å². The zero-order valence-electron chi connectivity index (χ0n) is 10.5. The highest BCUT2D eigenvalue weighted by molar-refractivity contribution is 5.78. The van der Waals surface area contributed by atoms with E-state index in [0.717, 1.165) is 0 Å². The summed E-state index contributed by atoms with van der Waals surface area (Å²) in [6.45, 7) is 0.276. The predicted octanol–water partition coefficient (Wildman–Crippen LogP) is 2.60. The third-order valence-corrected chi connectivity index (χ3v) is 2.19. The summed E-state index contributed by atoms with van der Waals surface area (Å²) in [7, 11) is 1.27. The number of esters is 1. The Hall–Kier alpha value is -1.92. The van der Waals surface area contributed by atoms with Crippen molar-refractivity contribution in [3.63, 3.8) is 0 Å². The van der Waals surface area contributed by atoms with Crippen LogP contribution in [-0.4, -0.2) is 31.9 Å². The average molecular weight is 277 g/mol. The summed E-state index contributed by atoms with van der Waals surface area (Å²) in [6, 6.07) is 5.26. The van der Waals surface area contributed by atoms with Crippen molar-refractivity contribution in [3.8, 4) is 5.75 Å². The molecule has 7 heteroatoms. The number of nitrogens with one attached hydrogen (secondary N) is 1. The Bertz CT molecular complexity index is 417. The number of anilines is 1. The lowest BCUT2D eigenvalue weighted by molar-refractivity contribution is -0.153. The van der Waals surface area contributed by atoms with Crippen LogP contribution in [0.15, 0.2) is 24.3 Å². The van der Waals surface area contributed by atoms with E-state index >= 15 is 0 Å². The van der Waals surface area contributed by atoms with E-state index in [2.05, 4.69) is 14.8 Å². The molecule has 0 aliphatic heterocycles. The number of halogens is 3. The summed E-state index contributed by atoms with van der Waals surface area (Å²) in [6.07, 6.45) is -4.36. The minimum absolute atomic E-state index is 0.105. The van der Waals surface area contributed by atoms with Crippen LogP contribution in [0.4, 0.5) is 18.9 Å². The maximum Gasteiger partial charge on any atom is 0.422 e. The first kappa shape index (κ1) is 15.1. The lowest BCUT2D eigenvalue weighted by atomic mass is 10.2. The van der Waals surface area contributed by atoms with Gasteiger partial charge in [-0.1, -0.05) is 0 Å². The Labute approximate surface area is 108 Å². The van der Waals surface area contributed by atoms with Crippen LogP contribution < -0.4 is 10.1 Å². The molecular formula is C12H14F3NO3. The van der Waals surface area contributed by atoms with Crippen molar-refractivity contribution in [1.29, 1.82) is 0 Å². The Balaban J connectivity index is 2.54. The van der Waals surface area contributed by atoms with E-state index < -0.39 is 24.8 Å². The van der Waals surface area contributed by atoms with Gasteiger partial charge in [-0.2, -0.15) is 13.2 Å². The van der Waals surface area contributed by atoms with Crippen LogP contribution in [-0.2, 0) is 9.53 Å². The van der Waals surface area contributed by atoms with E-state index in [1.54, 1.807) is 6.92 Å². The first-order valence-electron chi connectivity index (χ1n) is 5.46. The summed E-state index contributed by atoms with van der Waals surface area (Å²) in [5.41, 5.74) is 0.581. The Kier molecular flexibility index (Phi) is 5.02. The van der Waals surface area contributed by atoms with Crippen LogP contribution in [0.3, 0.4) is 0 Å². The molecule has 1 aromatic rings. The van der Waals surface area contributed by atoms with Gasteiger partial charge in [-0.25, -0.2) is 4.79 Å². The fourth-order valence-electron chi connectivity index (χ4n) is 1.30. The first-order chi connectivity index (χ1) is 8.81. The van der Waals surface area contributed by atoms with Crippen LogP contribution in [0, 0.1) is 0 Å². The zero-order chi connectivity index (χ0) is 14.5. The first-order valence-corrected chi connectivity index (χ1v) is 5.46. The van der Waals surface area contributed by atoms with Crippen molar-refractivity contribution >= 4 is 11.7 Å². The van der Waals surface area contributed by atoms with Crippen molar-refractivity contribution in [2.75, 3.05) is 19.0 Å². The quantitative estimate of drug-likeness (QED) is 0.840. The summed E-state index contributed by atoms with van der Waals surface area (Å²) in [5.74, 6) is -0.328. The molecule has 1 N–H and O–H groups in total. The molecule has 4 nitrogen and oxygen atoms in total. The fourth-order valence-corrected chi connectivity index (χ4v) is 1.30. The van der Waals surface area contributed by atoms with E-state index in [1.807, 2.05) is 0 Å². The number of ether oxygens (including phenoxy) is 2. The number of rotatable bonds is 5. The topological polar surface area (TPSA) is 47.6 Å². The Morgan fingerprint density at radius 2 is 1.89 bits per heavy atom. The zero-order valence-corrected chi connectivity index (χ0v) is 10.5. The molecule has 0 aromatic heterocycles. The minimum atomic E-state index is -4.36. The van der Waals surface area contributed by atoms with Gasteiger partial charge in [0.25, 0.3) is 0 Å². The molecule has 1 unspecified atom stereocenters. The molecule has 0 aliphatic rings. The van der Waals surface area contributed by atoms with Gasteiger partial charge in [0.1, 0.15) is 11.8 Å². The fraction of sp³-hybridized carbons (Fsp3) is 0.417. The van der Waals surface area contributed by atoms with Gasteiger partial charge in [0.05, 0.1) is 7.11 Å². The Morgan fingerprint density at radius 3 is 2.37 bits per heavy atom. The van der Waals surface area contributed by atoms with Gasteiger partial charge in [0, 0.05) is 5.69 Å². The number of hydrogen-bond acceptors (Lipinski definition) is 4. The lowest BCUT2D eigenvalue weighted by Crippen LogP contribution is -2.27. The van der Waals surface area contributed by atoms with Crippen molar-refractivity contribution in [3.05, 3.63) is 24.3 Å². The number of carbonyl (C=O) groups excluding carboxylic acids is 1. The number of alkyl halides is 3. The number of methoxy groups -OCH3 is 1. The second-order valence-corrected chi connectivity index (χ2v) is 3.82. The molecule has 0 bridgehead atoms. The highest BCUT2D eigenvalue weighted by Crippen LogP contribution is 2.20. The minimum Gasteiger partial charge on any atom is -0.484 e. The maximum absolute atomic E-state index is 11.9. The van der Waals surface area contributed by atoms with Crippen LogP contribution in [0.25, 0.3) is 0 Å². The van der Waals surface area contributed by atoms with Crippen molar-refractivity contribution in [2.45, 2.75) is 19.1 Å². The number of carbonyl (C=O) groups is 1. The molecule has 0 saturated carbocycles. The molecule has 1 atom stereocenters. The third-order valence-electron chi connectivity index (χ3n) is 2.19. The normalized spacial score (nSPS) is 12.7. The summed E-state index contributed by atoms with van der Waals surface area (Å²) in [5, 5.41) is 2.84. The van der Waals surface area contributed by atoms with Crippen LogP contribution in [0.5, 0.6) is 5.75 Å². The summed E-state index contributed by atoms with van der Waals surface area (Å²) < 4.78 is 44.9. The molecule has 0 heterocycles. The second-order valence-electron chi connectivity index (χ2n) is 3.82. The van der Waals surface area contributed by atoms with E-state index in [0.29, 0.717) is 5.69 Å². The molecule has 0 aliphatic carbocycles. The highest BCUT2D eigenvalue weighted by Gasteiger charge is 2.28. The molecule has 0 radical (unpaired) electrons. The average Bonchev–Trinajstić information content (AvgIpc) is 2.36. The van der Waals surface area contributed by atoms with Crippen molar-refractivity contribution < 1.29 is 27.4 Å². The van der Waals surface area contributed by atoms with Crippen LogP contribution >= 0.6 is 0 Å². The molecule has 0 saturated heterocycles. The molecule has 0 amide bonds. The highest BCUT2D eigenvalue weighted by atomic mass is 19.4. The maximum atomic E-state index is 11.9. The molecule has 1 aromatic carbocycles. The summed E-state index contributed by atoms with van der Waals surface area (Å²) >= 11 is 0. The Morgan fingerprint density at radius 1 is 1.32 bits per heavy atom. The van der Waals surface area contributed by atoms with Gasteiger partial charge in [-0.3, -0.25) is 0 Å². The van der Waals surface area contributed by atoms with E-state index in [4.69, 9.17) is 0 Å². The van der Waals surface area contributed by atoms with Crippen molar-refractivity contribution in [1.82, 2.24) is 0 Å². The molecule has 1 rings (SSSR count). The third kappa shape index (κ3) is 5.50. The van der Waals surface area contributed by atoms with Crippen LogP contribution in [0.1, 0.15) is 6.92 Å². The van der Waals surface area contributed by atoms with E-state index in [9.17, 15) is 18.0 Å². The van der Waals surface area contributed by atoms with Crippen molar-refractivity contribution in [2.24, 2.45) is 0 Å².